The number of nitrogens with zero attached hydrogens (tertiary/aromatic N) is 1. The highest BCUT2D eigenvalue weighted by atomic mass is 35.5. The van der Waals surface area contributed by atoms with E-state index >= 15 is 0 Å². The molecule has 7 heteroatoms. The smallest absolute Gasteiger partial charge is 0.229 e. The van der Waals surface area contributed by atoms with Gasteiger partial charge in [-0.2, -0.15) is 0 Å². The summed E-state index contributed by atoms with van der Waals surface area (Å²) in [5, 5.41) is 5.93. The summed E-state index contributed by atoms with van der Waals surface area (Å²) in [6, 6.07) is 3.79. The zero-order chi connectivity index (χ0) is 17.4. The lowest BCUT2D eigenvalue weighted by Gasteiger charge is -2.24. The zero-order valence-electron chi connectivity index (χ0n) is 14.7. The van der Waals surface area contributed by atoms with Crippen LogP contribution in [0.15, 0.2) is 12.1 Å². The van der Waals surface area contributed by atoms with Gasteiger partial charge >= 0.3 is 0 Å². The Bertz CT molecular complexity index is 706. The SMILES string of the molecule is Cl.O=C(Nc1ccc2c(c1F)CCNC2)C1CC(=O)N(C2CCCC2)C1. The molecule has 142 valence electrons. The van der Waals surface area contributed by atoms with Gasteiger partial charge in [-0.05, 0) is 43.0 Å². The molecule has 26 heavy (non-hydrogen) atoms. The molecular formula is C19H25ClFN3O2. The second kappa shape index (κ2) is 7.92. The van der Waals surface area contributed by atoms with Crippen molar-refractivity contribution in [3.05, 3.63) is 29.1 Å². The standard InChI is InChI=1S/C19H24FN3O2.ClH/c20-18-15-7-8-21-10-12(15)5-6-16(18)22-19(25)13-9-17(24)23(11-13)14-3-1-2-4-14;/h5-6,13-14,21H,1-4,7-11H2,(H,22,25);1H. The fraction of sp³-hybridized carbons (Fsp3) is 0.579. The highest BCUT2D eigenvalue weighted by Gasteiger charge is 2.38. The van der Waals surface area contributed by atoms with Crippen LogP contribution in [0.3, 0.4) is 0 Å². The quantitative estimate of drug-likeness (QED) is 0.846. The number of fused-ring (bicyclic) bond motifs is 1. The molecule has 0 spiro atoms. The van der Waals surface area contributed by atoms with Gasteiger partial charge in [0.15, 0.2) is 0 Å². The van der Waals surface area contributed by atoms with E-state index in [9.17, 15) is 14.0 Å². The Hall–Kier alpha value is -1.66. The van der Waals surface area contributed by atoms with Gasteiger partial charge in [0.1, 0.15) is 5.82 Å². The van der Waals surface area contributed by atoms with E-state index in [1.807, 2.05) is 11.0 Å². The number of anilines is 1. The molecule has 5 nitrogen and oxygen atoms in total. The summed E-state index contributed by atoms with van der Waals surface area (Å²) in [6.45, 7) is 1.87. The first-order valence-corrected chi connectivity index (χ1v) is 9.25. The van der Waals surface area contributed by atoms with Crippen molar-refractivity contribution < 1.29 is 14.0 Å². The molecule has 2 aliphatic heterocycles. The van der Waals surface area contributed by atoms with E-state index < -0.39 is 0 Å². The second-order valence-corrected chi connectivity index (χ2v) is 7.37. The number of likely N-dealkylation sites (tertiary alicyclic amines) is 1. The number of hydrogen-bond donors (Lipinski definition) is 2. The van der Waals surface area contributed by atoms with E-state index in [0.717, 1.165) is 37.8 Å². The molecule has 2 heterocycles. The molecule has 0 radical (unpaired) electrons. The van der Waals surface area contributed by atoms with E-state index in [0.29, 0.717) is 31.1 Å². The van der Waals surface area contributed by atoms with Crippen molar-refractivity contribution in [1.29, 1.82) is 0 Å². The normalized spacial score (nSPS) is 22.9. The van der Waals surface area contributed by atoms with Crippen molar-refractivity contribution in [2.75, 3.05) is 18.4 Å². The monoisotopic (exact) mass is 381 g/mol. The van der Waals surface area contributed by atoms with Crippen molar-refractivity contribution in [3.63, 3.8) is 0 Å². The Kier molecular flexibility index (Phi) is 5.82. The van der Waals surface area contributed by atoms with E-state index in [-0.39, 0.29) is 48.1 Å². The predicted molar refractivity (Wildman–Crippen MR) is 99.8 cm³/mol. The van der Waals surface area contributed by atoms with Gasteiger partial charge in [0, 0.05) is 25.6 Å². The minimum absolute atomic E-state index is 0. The van der Waals surface area contributed by atoms with Crippen LogP contribution in [-0.2, 0) is 22.6 Å². The summed E-state index contributed by atoms with van der Waals surface area (Å²) in [6.07, 6.45) is 5.24. The molecule has 0 aromatic heterocycles. The fourth-order valence-corrected chi connectivity index (χ4v) is 4.34. The third-order valence-corrected chi connectivity index (χ3v) is 5.76. The number of hydrogen-bond acceptors (Lipinski definition) is 3. The van der Waals surface area contributed by atoms with Crippen LogP contribution in [-0.4, -0.2) is 35.8 Å². The second-order valence-electron chi connectivity index (χ2n) is 7.37. The van der Waals surface area contributed by atoms with E-state index in [1.54, 1.807) is 6.07 Å². The lowest BCUT2D eigenvalue weighted by atomic mass is 9.99. The first kappa shape index (κ1) is 19.1. The summed E-state index contributed by atoms with van der Waals surface area (Å²) in [7, 11) is 0. The topological polar surface area (TPSA) is 61.4 Å². The van der Waals surface area contributed by atoms with Gasteiger partial charge in [-0.1, -0.05) is 18.9 Å². The molecule has 1 aromatic rings. The highest BCUT2D eigenvalue weighted by Crippen LogP contribution is 2.31. The van der Waals surface area contributed by atoms with Crippen LogP contribution in [0.1, 0.15) is 43.2 Å². The third-order valence-electron chi connectivity index (χ3n) is 5.76. The van der Waals surface area contributed by atoms with Gasteiger partial charge < -0.3 is 15.5 Å². The Morgan fingerprint density at radius 3 is 2.81 bits per heavy atom. The number of carbonyl (C=O) groups is 2. The van der Waals surface area contributed by atoms with E-state index in [2.05, 4.69) is 10.6 Å². The first-order valence-electron chi connectivity index (χ1n) is 9.25. The maximum Gasteiger partial charge on any atom is 0.229 e. The summed E-state index contributed by atoms with van der Waals surface area (Å²) in [4.78, 5) is 26.7. The molecule has 1 saturated carbocycles. The van der Waals surface area contributed by atoms with Crippen LogP contribution >= 0.6 is 12.4 Å². The summed E-state index contributed by atoms with van der Waals surface area (Å²) < 4.78 is 14.7. The van der Waals surface area contributed by atoms with Gasteiger partial charge in [-0.15, -0.1) is 12.4 Å². The van der Waals surface area contributed by atoms with Crippen LogP contribution in [0.4, 0.5) is 10.1 Å². The van der Waals surface area contributed by atoms with Crippen LogP contribution in [0, 0.1) is 11.7 Å². The number of carbonyl (C=O) groups excluding carboxylic acids is 2. The molecule has 0 bridgehead atoms. The highest BCUT2D eigenvalue weighted by molar-refractivity contribution is 5.97. The molecule has 2 amide bonds. The van der Waals surface area contributed by atoms with Crippen molar-refractivity contribution >= 4 is 29.9 Å². The zero-order valence-corrected chi connectivity index (χ0v) is 15.5. The molecule has 3 aliphatic rings. The maximum atomic E-state index is 14.7. The largest absolute Gasteiger partial charge is 0.339 e. The maximum absolute atomic E-state index is 14.7. The molecule has 1 saturated heterocycles. The molecule has 1 unspecified atom stereocenters. The Balaban J connectivity index is 0.00000196. The molecule has 4 rings (SSSR count). The average molecular weight is 382 g/mol. The van der Waals surface area contributed by atoms with Crippen molar-refractivity contribution in [1.82, 2.24) is 10.2 Å². The minimum Gasteiger partial charge on any atom is -0.339 e. The van der Waals surface area contributed by atoms with Crippen LogP contribution < -0.4 is 10.6 Å². The van der Waals surface area contributed by atoms with Gasteiger partial charge in [0.25, 0.3) is 0 Å². The number of benzene rings is 1. The fourth-order valence-electron chi connectivity index (χ4n) is 4.34. The minimum atomic E-state index is -0.384. The molecule has 1 aliphatic carbocycles. The first-order chi connectivity index (χ1) is 12.1. The molecule has 1 aromatic carbocycles. The van der Waals surface area contributed by atoms with Crippen molar-refractivity contribution in [3.8, 4) is 0 Å². The molecule has 1 atom stereocenters. The molecular weight excluding hydrogens is 357 g/mol. The van der Waals surface area contributed by atoms with Gasteiger partial charge in [-0.25, -0.2) is 4.39 Å². The van der Waals surface area contributed by atoms with Crippen molar-refractivity contribution in [2.45, 2.75) is 51.1 Å². The number of nitrogens with one attached hydrogen (secondary N) is 2. The van der Waals surface area contributed by atoms with E-state index in [1.165, 1.54) is 0 Å². The number of halogens is 2. The van der Waals surface area contributed by atoms with Crippen LogP contribution in [0.2, 0.25) is 0 Å². The van der Waals surface area contributed by atoms with Gasteiger partial charge in [0.2, 0.25) is 11.8 Å². The van der Waals surface area contributed by atoms with Crippen LogP contribution in [0.25, 0.3) is 0 Å². The average Bonchev–Trinajstić information content (AvgIpc) is 3.27. The molecule has 2 N–H and O–H groups in total. The Labute approximate surface area is 159 Å². The predicted octanol–water partition coefficient (Wildman–Crippen LogP) is 2.62. The van der Waals surface area contributed by atoms with Crippen LogP contribution in [0.5, 0.6) is 0 Å². The summed E-state index contributed by atoms with van der Waals surface area (Å²) >= 11 is 0. The van der Waals surface area contributed by atoms with Gasteiger partial charge in [-0.3, -0.25) is 9.59 Å². The Morgan fingerprint density at radius 2 is 2.04 bits per heavy atom. The summed E-state index contributed by atoms with van der Waals surface area (Å²) in [5.74, 6) is -0.903. The lowest BCUT2D eigenvalue weighted by Crippen LogP contribution is -2.35. The van der Waals surface area contributed by atoms with E-state index in [4.69, 9.17) is 0 Å². The third kappa shape index (κ3) is 3.58. The number of amides is 2. The lowest BCUT2D eigenvalue weighted by molar-refractivity contribution is -0.129. The van der Waals surface area contributed by atoms with Crippen molar-refractivity contribution in [2.24, 2.45) is 5.92 Å². The Morgan fingerprint density at radius 1 is 1.27 bits per heavy atom. The summed E-state index contributed by atoms with van der Waals surface area (Å²) in [5.41, 5.74) is 1.87. The number of rotatable bonds is 3. The molecule has 2 fully saturated rings. The van der Waals surface area contributed by atoms with Gasteiger partial charge in [0.05, 0.1) is 11.6 Å².